The highest BCUT2D eigenvalue weighted by Gasteiger charge is 2.17. The first-order chi connectivity index (χ1) is 8.93. The molecule has 0 radical (unpaired) electrons. The van der Waals surface area contributed by atoms with Gasteiger partial charge < -0.3 is 0 Å². The Morgan fingerprint density at radius 3 is 2.63 bits per heavy atom. The van der Waals surface area contributed by atoms with Gasteiger partial charge >= 0.3 is 5.69 Å². The van der Waals surface area contributed by atoms with Gasteiger partial charge in [-0.25, -0.2) is 9.36 Å². The van der Waals surface area contributed by atoms with E-state index in [2.05, 4.69) is 9.97 Å². The molecule has 1 N–H and O–H groups in total. The molecule has 2 aromatic heterocycles. The SMILES string of the molecule is Cc1ncccc1-n1c(=O)[nH]c(Cl)c(C(C)C)c1=O. The molecule has 100 valence electrons. The molecule has 5 nitrogen and oxygen atoms in total. The zero-order valence-corrected chi connectivity index (χ0v) is 11.7. The summed E-state index contributed by atoms with van der Waals surface area (Å²) < 4.78 is 1.07. The van der Waals surface area contributed by atoms with Crippen LogP contribution in [0.4, 0.5) is 0 Å². The van der Waals surface area contributed by atoms with Crippen molar-refractivity contribution in [2.45, 2.75) is 26.7 Å². The average molecular weight is 280 g/mol. The maximum Gasteiger partial charge on any atom is 0.334 e. The van der Waals surface area contributed by atoms with Gasteiger partial charge in [-0.3, -0.25) is 14.8 Å². The fraction of sp³-hybridized carbons (Fsp3) is 0.308. The second-order valence-corrected chi connectivity index (χ2v) is 4.94. The Balaban J connectivity index is 2.87. The maximum atomic E-state index is 12.4. The number of pyridine rings is 1. The molecule has 2 rings (SSSR count). The van der Waals surface area contributed by atoms with Crippen molar-refractivity contribution in [2.24, 2.45) is 0 Å². The molecule has 0 spiro atoms. The van der Waals surface area contributed by atoms with E-state index in [1.165, 1.54) is 0 Å². The zero-order chi connectivity index (χ0) is 14.2. The van der Waals surface area contributed by atoms with Crippen LogP contribution < -0.4 is 11.2 Å². The number of nitrogens with zero attached hydrogens (tertiary/aromatic N) is 2. The number of hydrogen-bond acceptors (Lipinski definition) is 3. The third-order valence-electron chi connectivity index (χ3n) is 2.89. The predicted molar refractivity (Wildman–Crippen MR) is 74.3 cm³/mol. The van der Waals surface area contributed by atoms with E-state index < -0.39 is 11.2 Å². The number of halogens is 1. The van der Waals surface area contributed by atoms with Gasteiger partial charge in [0.05, 0.1) is 16.9 Å². The van der Waals surface area contributed by atoms with Crippen LogP contribution in [-0.4, -0.2) is 14.5 Å². The van der Waals surface area contributed by atoms with Crippen LogP contribution in [0.2, 0.25) is 5.15 Å². The fourth-order valence-electron chi connectivity index (χ4n) is 1.95. The van der Waals surface area contributed by atoms with Crippen molar-refractivity contribution in [3.63, 3.8) is 0 Å². The molecule has 0 saturated carbocycles. The van der Waals surface area contributed by atoms with E-state index in [4.69, 9.17) is 11.6 Å². The molecule has 0 saturated heterocycles. The van der Waals surface area contributed by atoms with Crippen molar-refractivity contribution in [3.8, 4) is 5.69 Å². The van der Waals surface area contributed by atoms with Gasteiger partial charge in [0.2, 0.25) is 0 Å². The van der Waals surface area contributed by atoms with Crippen LogP contribution >= 0.6 is 11.6 Å². The summed E-state index contributed by atoms with van der Waals surface area (Å²) in [7, 11) is 0. The maximum absolute atomic E-state index is 12.4. The normalized spacial score (nSPS) is 11.0. The summed E-state index contributed by atoms with van der Waals surface area (Å²) in [5.41, 5.74) is 0.499. The largest absolute Gasteiger partial charge is 0.334 e. The van der Waals surface area contributed by atoms with Crippen molar-refractivity contribution in [2.75, 3.05) is 0 Å². The summed E-state index contributed by atoms with van der Waals surface area (Å²) in [6, 6.07) is 3.36. The van der Waals surface area contributed by atoms with E-state index in [1.54, 1.807) is 25.3 Å². The molecular formula is C13H14ClN3O2. The molecule has 0 amide bonds. The lowest BCUT2D eigenvalue weighted by Gasteiger charge is -2.12. The highest BCUT2D eigenvalue weighted by molar-refractivity contribution is 6.30. The number of aryl methyl sites for hydroxylation is 1. The van der Waals surface area contributed by atoms with Crippen molar-refractivity contribution in [1.29, 1.82) is 0 Å². The molecule has 0 aliphatic carbocycles. The minimum atomic E-state index is -0.560. The topological polar surface area (TPSA) is 67.8 Å². The molecule has 0 unspecified atom stereocenters. The number of aromatic amines is 1. The predicted octanol–water partition coefficient (Wildman–Crippen LogP) is 2.01. The first kappa shape index (κ1) is 13.5. The molecule has 0 atom stereocenters. The molecule has 0 bridgehead atoms. The van der Waals surface area contributed by atoms with E-state index in [0.29, 0.717) is 16.9 Å². The van der Waals surface area contributed by atoms with Crippen LogP contribution in [0.1, 0.15) is 31.0 Å². The lowest BCUT2D eigenvalue weighted by molar-refractivity contribution is 0.772. The number of H-pyrrole nitrogens is 1. The van der Waals surface area contributed by atoms with Crippen LogP contribution in [0.5, 0.6) is 0 Å². The summed E-state index contributed by atoms with van der Waals surface area (Å²) in [5.74, 6) is -0.0833. The van der Waals surface area contributed by atoms with Gasteiger partial charge in [0.1, 0.15) is 5.15 Å². The highest BCUT2D eigenvalue weighted by atomic mass is 35.5. The van der Waals surface area contributed by atoms with Gasteiger partial charge in [0.25, 0.3) is 5.56 Å². The number of nitrogens with one attached hydrogen (secondary N) is 1. The quantitative estimate of drug-likeness (QED) is 0.855. The van der Waals surface area contributed by atoms with E-state index >= 15 is 0 Å². The van der Waals surface area contributed by atoms with E-state index in [1.807, 2.05) is 13.8 Å². The molecule has 19 heavy (non-hydrogen) atoms. The molecule has 2 heterocycles. The van der Waals surface area contributed by atoms with Gasteiger partial charge in [-0.2, -0.15) is 0 Å². The van der Waals surface area contributed by atoms with Crippen LogP contribution in [0.15, 0.2) is 27.9 Å². The first-order valence-electron chi connectivity index (χ1n) is 5.90. The summed E-state index contributed by atoms with van der Waals surface area (Å²) in [4.78, 5) is 31.0. The molecule has 0 aliphatic rings. The third-order valence-corrected chi connectivity index (χ3v) is 3.19. The summed E-state index contributed by atoms with van der Waals surface area (Å²) in [6.45, 7) is 5.44. The molecule has 0 fully saturated rings. The Hall–Kier alpha value is -1.88. The Bertz CT molecular complexity index is 731. The molecule has 6 heteroatoms. The number of hydrogen-bond donors (Lipinski definition) is 1. The average Bonchev–Trinajstić information content (AvgIpc) is 2.30. The van der Waals surface area contributed by atoms with Crippen LogP contribution in [-0.2, 0) is 0 Å². The monoisotopic (exact) mass is 279 g/mol. The minimum Gasteiger partial charge on any atom is -0.297 e. The summed E-state index contributed by atoms with van der Waals surface area (Å²) in [6.07, 6.45) is 1.61. The third kappa shape index (κ3) is 2.33. The lowest BCUT2D eigenvalue weighted by atomic mass is 10.1. The Morgan fingerprint density at radius 1 is 1.37 bits per heavy atom. The van der Waals surface area contributed by atoms with Crippen molar-refractivity contribution < 1.29 is 0 Å². The van der Waals surface area contributed by atoms with E-state index in [9.17, 15) is 9.59 Å². The van der Waals surface area contributed by atoms with Gasteiger partial charge in [0.15, 0.2) is 0 Å². The minimum absolute atomic E-state index is 0.0833. The Kier molecular flexibility index (Phi) is 3.57. The molecular weight excluding hydrogens is 266 g/mol. The van der Waals surface area contributed by atoms with Gasteiger partial charge in [-0.1, -0.05) is 25.4 Å². The van der Waals surface area contributed by atoms with Crippen molar-refractivity contribution >= 4 is 11.6 Å². The van der Waals surface area contributed by atoms with Crippen LogP contribution in [0.25, 0.3) is 5.69 Å². The van der Waals surface area contributed by atoms with Gasteiger partial charge in [-0.15, -0.1) is 0 Å². The smallest absolute Gasteiger partial charge is 0.297 e. The molecule has 2 aromatic rings. The highest BCUT2D eigenvalue weighted by Crippen LogP contribution is 2.17. The number of rotatable bonds is 2. The van der Waals surface area contributed by atoms with Crippen LogP contribution in [0.3, 0.4) is 0 Å². The van der Waals surface area contributed by atoms with Crippen molar-refractivity contribution in [1.82, 2.24) is 14.5 Å². The summed E-state index contributed by atoms with van der Waals surface area (Å²) in [5, 5.41) is 0.0998. The second-order valence-electron chi connectivity index (χ2n) is 4.56. The van der Waals surface area contributed by atoms with E-state index in [0.717, 1.165) is 4.57 Å². The first-order valence-corrected chi connectivity index (χ1v) is 6.28. The molecule has 0 aromatic carbocycles. The van der Waals surface area contributed by atoms with E-state index in [-0.39, 0.29) is 11.1 Å². The lowest BCUT2D eigenvalue weighted by Crippen LogP contribution is -2.37. The standard InChI is InChI=1S/C13H14ClN3O2/c1-7(2)10-11(14)16-13(19)17(12(10)18)9-5-4-6-15-8(9)3/h4-7H,1-3H3,(H,16,19). The van der Waals surface area contributed by atoms with Crippen molar-refractivity contribution in [3.05, 3.63) is 55.6 Å². The van der Waals surface area contributed by atoms with Crippen LogP contribution in [0, 0.1) is 6.92 Å². The zero-order valence-electron chi connectivity index (χ0n) is 10.9. The Morgan fingerprint density at radius 2 is 2.05 bits per heavy atom. The second kappa shape index (κ2) is 5.01. The molecule has 0 aliphatic heterocycles. The number of aromatic nitrogens is 3. The fourth-order valence-corrected chi connectivity index (χ4v) is 2.33. The van der Waals surface area contributed by atoms with Gasteiger partial charge in [0, 0.05) is 6.20 Å². The summed E-state index contributed by atoms with van der Waals surface area (Å²) >= 11 is 5.94. The van der Waals surface area contributed by atoms with Gasteiger partial charge in [-0.05, 0) is 25.0 Å². The Labute approximate surface area is 114 Å².